The van der Waals surface area contributed by atoms with Crippen molar-refractivity contribution < 1.29 is 14.3 Å². The molecule has 4 rings (SSSR count). The highest BCUT2D eigenvalue weighted by Crippen LogP contribution is 2.23. The van der Waals surface area contributed by atoms with Crippen LogP contribution in [0.3, 0.4) is 0 Å². The molecule has 0 atom stereocenters. The van der Waals surface area contributed by atoms with E-state index in [-0.39, 0.29) is 17.7 Å². The second-order valence-electron chi connectivity index (χ2n) is 6.70. The molecule has 0 aliphatic rings. The number of fused-ring (bicyclic) bond motifs is 1. The number of H-pyrrole nitrogens is 1. The number of aromatic nitrogens is 4. The lowest BCUT2D eigenvalue weighted by Crippen LogP contribution is -2.23. The Morgan fingerprint density at radius 1 is 1.22 bits per heavy atom. The molecule has 0 saturated carbocycles. The van der Waals surface area contributed by atoms with E-state index in [0.717, 1.165) is 10.2 Å². The van der Waals surface area contributed by atoms with E-state index in [2.05, 4.69) is 25.6 Å². The van der Waals surface area contributed by atoms with Crippen LogP contribution in [0.5, 0.6) is 0 Å². The van der Waals surface area contributed by atoms with Crippen molar-refractivity contribution in [1.29, 1.82) is 0 Å². The smallest absolute Gasteiger partial charge is 0.311 e. The van der Waals surface area contributed by atoms with Gasteiger partial charge in [-0.2, -0.15) is 9.78 Å². The van der Waals surface area contributed by atoms with E-state index < -0.39 is 17.4 Å². The summed E-state index contributed by atoms with van der Waals surface area (Å²) in [6.45, 7) is 1.57. The number of rotatable bonds is 6. The van der Waals surface area contributed by atoms with Crippen molar-refractivity contribution in [3.63, 3.8) is 0 Å². The van der Waals surface area contributed by atoms with Crippen molar-refractivity contribution in [3.05, 3.63) is 76.0 Å². The highest BCUT2D eigenvalue weighted by molar-refractivity contribution is 7.20. The van der Waals surface area contributed by atoms with E-state index in [4.69, 9.17) is 4.74 Å². The molecule has 3 aromatic heterocycles. The second-order valence-corrected chi connectivity index (χ2v) is 7.71. The molecule has 0 bridgehead atoms. The summed E-state index contributed by atoms with van der Waals surface area (Å²) in [5.74, 6) is -0.985. The van der Waals surface area contributed by atoms with Crippen LogP contribution in [-0.4, -0.2) is 44.4 Å². The van der Waals surface area contributed by atoms with Crippen molar-refractivity contribution in [1.82, 2.24) is 25.2 Å². The number of ether oxygens (including phenoxy) is 1. The molecule has 0 saturated heterocycles. The summed E-state index contributed by atoms with van der Waals surface area (Å²) in [6, 6.07) is 10.6. The van der Waals surface area contributed by atoms with Gasteiger partial charge in [0.1, 0.15) is 0 Å². The predicted molar refractivity (Wildman–Crippen MR) is 119 cm³/mol. The average molecular weight is 450 g/mol. The Bertz CT molecular complexity index is 1350. The number of thiazole rings is 1. The number of esters is 1. The molecule has 0 aliphatic carbocycles. The van der Waals surface area contributed by atoms with Gasteiger partial charge in [0, 0.05) is 18.0 Å². The Labute approximate surface area is 185 Å². The normalized spacial score (nSPS) is 11.5. The minimum absolute atomic E-state index is 0.157. The number of amides is 1. The number of hydrogen-bond acceptors (Lipinski definition) is 8. The van der Waals surface area contributed by atoms with E-state index in [1.54, 1.807) is 19.1 Å². The third-order valence-electron chi connectivity index (χ3n) is 4.62. The highest BCUT2D eigenvalue weighted by atomic mass is 32.1. The number of pyridine rings is 1. The standard InChI is InChI=1S/C21H18N6O4S/c1-12(24-25-19(29)13-7-9-22-10-8-13)18-15(11-17(28)31-2)26-27(20(18)30)21-23-14-5-3-4-6-16(14)32-21/h3-10,26H,11H2,1-2H3,(H,25,29)/b24-12+. The molecule has 0 aliphatic heterocycles. The summed E-state index contributed by atoms with van der Waals surface area (Å²) in [5.41, 5.74) is 3.79. The first kappa shape index (κ1) is 21.1. The minimum atomic E-state index is -0.530. The van der Waals surface area contributed by atoms with Gasteiger partial charge in [0.15, 0.2) is 0 Å². The fourth-order valence-electron chi connectivity index (χ4n) is 3.05. The number of carbonyl (C=O) groups excluding carboxylic acids is 2. The molecular formula is C21H18N6O4S. The van der Waals surface area contributed by atoms with Crippen LogP contribution in [0.1, 0.15) is 28.5 Å². The van der Waals surface area contributed by atoms with Gasteiger partial charge in [-0.1, -0.05) is 23.5 Å². The van der Waals surface area contributed by atoms with Crippen LogP contribution >= 0.6 is 11.3 Å². The fraction of sp³-hybridized carbons (Fsp3) is 0.143. The molecule has 1 amide bonds. The fourth-order valence-corrected chi connectivity index (χ4v) is 3.97. The summed E-state index contributed by atoms with van der Waals surface area (Å²) in [4.78, 5) is 45.8. The second kappa shape index (κ2) is 8.94. The van der Waals surface area contributed by atoms with E-state index in [1.165, 1.54) is 35.5 Å². The van der Waals surface area contributed by atoms with Crippen LogP contribution in [0.25, 0.3) is 15.3 Å². The van der Waals surface area contributed by atoms with Crippen LogP contribution in [0, 0.1) is 0 Å². The monoisotopic (exact) mass is 450 g/mol. The first-order valence-electron chi connectivity index (χ1n) is 9.49. The van der Waals surface area contributed by atoms with Crippen molar-refractivity contribution >= 4 is 39.1 Å². The Morgan fingerprint density at radius 3 is 2.69 bits per heavy atom. The maximum atomic E-state index is 13.2. The van der Waals surface area contributed by atoms with E-state index in [1.807, 2.05) is 24.3 Å². The molecule has 4 aromatic rings. The molecule has 0 radical (unpaired) electrons. The van der Waals surface area contributed by atoms with Crippen molar-refractivity contribution in [2.24, 2.45) is 5.10 Å². The number of methoxy groups -OCH3 is 1. The SMILES string of the molecule is COC(=O)Cc1[nH]n(-c2nc3ccccc3s2)c(=O)c1/C(C)=N/NC(=O)c1ccncc1. The first-order valence-corrected chi connectivity index (χ1v) is 10.3. The maximum Gasteiger partial charge on any atom is 0.311 e. The summed E-state index contributed by atoms with van der Waals surface area (Å²) in [5, 5.41) is 7.43. The summed E-state index contributed by atoms with van der Waals surface area (Å²) >= 11 is 1.33. The molecule has 3 heterocycles. The Balaban J connectivity index is 1.73. The molecule has 10 nitrogen and oxygen atoms in total. The number of carbonyl (C=O) groups is 2. The Morgan fingerprint density at radius 2 is 1.97 bits per heavy atom. The maximum absolute atomic E-state index is 13.2. The van der Waals surface area contributed by atoms with Crippen LogP contribution < -0.4 is 11.0 Å². The van der Waals surface area contributed by atoms with Gasteiger partial charge >= 0.3 is 5.97 Å². The quantitative estimate of drug-likeness (QED) is 0.263. The molecule has 32 heavy (non-hydrogen) atoms. The molecule has 162 valence electrons. The zero-order chi connectivity index (χ0) is 22.7. The third-order valence-corrected chi connectivity index (χ3v) is 5.64. The largest absolute Gasteiger partial charge is 0.469 e. The summed E-state index contributed by atoms with van der Waals surface area (Å²) < 4.78 is 6.93. The van der Waals surface area contributed by atoms with Gasteiger partial charge < -0.3 is 4.74 Å². The topological polar surface area (TPSA) is 131 Å². The summed E-state index contributed by atoms with van der Waals surface area (Å²) in [6.07, 6.45) is 2.80. The average Bonchev–Trinajstić information content (AvgIpc) is 3.38. The van der Waals surface area contributed by atoms with Crippen molar-refractivity contribution in [2.45, 2.75) is 13.3 Å². The molecule has 0 unspecified atom stereocenters. The highest BCUT2D eigenvalue weighted by Gasteiger charge is 2.22. The molecule has 0 spiro atoms. The molecule has 0 fully saturated rings. The number of nitrogens with zero attached hydrogens (tertiary/aromatic N) is 4. The van der Waals surface area contributed by atoms with E-state index in [0.29, 0.717) is 16.4 Å². The minimum Gasteiger partial charge on any atom is -0.469 e. The van der Waals surface area contributed by atoms with Gasteiger partial charge in [0.05, 0.1) is 40.7 Å². The van der Waals surface area contributed by atoms with Gasteiger partial charge in [-0.3, -0.25) is 24.5 Å². The number of nitrogens with one attached hydrogen (secondary N) is 2. The first-order chi connectivity index (χ1) is 15.5. The zero-order valence-corrected chi connectivity index (χ0v) is 18.0. The van der Waals surface area contributed by atoms with Gasteiger partial charge in [-0.25, -0.2) is 10.4 Å². The molecule has 2 N–H and O–H groups in total. The number of para-hydroxylation sites is 1. The number of benzene rings is 1. The van der Waals surface area contributed by atoms with Crippen LogP contribution in [0.4, 0.5) is 0 Å². The lowest BCUT2D eigenvalue weighted by atomic mass is 10.1. The molecule has 1 aromatic carbocycles. The third kappa shape index (κ3) is 4.18. The predicted octanol–water partition coefficient (Wildman–Crippen LogP) is 2.04. The van der Waals surface area contributed by atoms with Crippen molar-refractivity contribution in [3.8, 4) is 5.13 Å². The number of hydrazone groups is 1. The van der Waals surface area contributed by atoms with Crippen molar-refractivity contribution in [2.75, 3.05) is 7.11 Å². The van der Waals surface area contributed by atoms with Gasteiger partial charge in [0.25, 0.3) is 11.5 Å². The Kier molecular flexibility index (Phi) is 5.90. The lowest BCUT2D eigenvalue weighted by molar-refractivity contribution is -0.139. The van der Waals surface area contributed by atoms with E-state index in [9.17, 15) is 14.4 Å². The van der Waals surface area contributed by atoms with Crippen LogP contribution in [-0.2, 0) is 16.0 Å². The summed E-state index contributed by atoms with van der Waals surface area (Å²) in [7, 11) is 1.26. The Hall–Kier alpha value is -4.12. The van der Waals surface area contributed by atoms with Gasteiger partial charge in [0.2, 0.25) is 5.13 Å². The molecular weight excluding hydrogens is 432 g/mol. The number of hydrogen-bond donors (Lipinski definition) is 2. The number of aromatic amines is 1. The molecule has 11 heteroatoms. The lowest BCUT2D eigenvalue weighted by Gasteiger charge is -2.03. The van der Waals surface area contributed by atoms with E-state index >= 15 is 0 Å². The van der Waals surface area contributed by atoms with Crippen LogP contribution in [0.2, 0.25) is 0 Å². The zero-order valence-electron chi connectivity index (χ0n) is 17.2. The van der Waals surface area contributed by atoms with Gasteiger partial charge in [-0.15, -0.1) is 0 Å². The van der Waals surface area contributed by atoms with Gasteiger partial charge in [-0.05, 0) is 31.2 Å². The van der Waals surface area contributed by atoms with Crippen LogP contribution in [0.15, 0.2) is 58.7 Å².